The van der Waals surface area contributed by atoms with Crippen molar-refractivity contribution in [3.8, 4) is 11.5 Å². The third-order valence-corrected chi connectivity index (χ3v) is 5.92. The largest absolute Gasteiger partial charge is 0.493 e. The molecule has 0 aromatic heterocycles. The van der Waals surface area contributed by atoms with Gasteiger partial charge in [-0.05, 0) is 56.2 Å². The molecule has 0 unspecified atom stereocenters. The molecular formula is C29H33BrN2O4. The molecule has 0 spiro atoms. The van der Waals surface area contributed by atoms with Crippen LogP contribution in [0.1, 0.15) is 31.9 Å². The maximum atomic E-state index is 13.7. The fraction of sp³-hybridized carbons (Fsp3) is 0.310. The summed E-state index contributed by atoms with van der Waals surface area (Å²) in [5.74, 6) is 0.488. The number of methoxy groups -OCH3 is 1. The Balaban J connectivity index is 1.94. The van der Waals surface area contributed by atoms with Gasteiger partial charge in [0.05, 0.1) is 7.11 Å². The molecule has 0 aliphatic heterocycles. The Morgan fingerprint density at radius 3 is 2.19 bits per heavy atom. The number of para-hydroxylation sites is 2. The van der Waals surface area contributed by atoms with Gasteiger partial charge in [-0.25, -0.2) is 0 Å². The molecule has 0 radical (unpaired) electrons. The summed E-state index contributed by atoms with van der Waals surface area (Å²) in [5.41, 5.74) is 1.41. The van der Waals surface area contributed by atoms with E-state index in [0.717, 1.165) is 15.6 Å². The highest BCUT2D eigenvalue weighted by molar-refractivity contribution is 9.10. The van der Waals surface area contributed by atoms with Crippen molar-refractivity contribution in [1.82, 2.24) is 10.2 Å². The van der Waals surface area contributed by atoms with E-state index in [9.17, 15) is 9.59 Å². The van der Waals surface area contributed by atoms with Gasteiger partial charge in [-0.3, -0.25) is 9.59 Å². The second kappa shape index (κ2) is 12.6. The van der Waals surface area contributed by atoms with Crippen LogP contribution in [-0.2, 0) is 22.6 Å². The molecular weight excluding hydrogens is 520 g/mol. The quantitative estimate of drug-likeness (QED) is 0.366. The normalized spacial score (nSPS) is 11.9. The molecule has 0 saturated carbocycles. The van der Waals surface area contributed by atoms with Crippen molar-refractivity contribution in [3.05, 3.63) is 94.5 Å². The van der Waals surface area contributed by atoms with Crippen molar-refractivity contribution < 1.29 is 19.1 Å². The van der Waals surface area contributed by atoms with Gasteiger partial charge in [0, 0.05) is 23.0 Å². The zero-order valence-corrected chi connectivity index (χ0v) is 22.7. The van der Waals surface area contributed by atoms with Crippen molar-refractivity contribution >= 4 is 27.7 Å². The first-order chi connectivity index (χ1) is 17.2. The van der Waals surface area contributed by atoms with Gasteiger partial charge in [-0.2, -0.15) is 0 Å². The average Bonchev–Trinajstić information content (AvgIpc) is 2.84. The summed E-state index contributed by atoms with van der Waals surface area (Å²) in [6.45, 7) is 5.80. The third-order valence-electron chi connectivity index (χ3n) is 5.43. The number of nitrogens with one attached hydrogen (secondary N) is 1. The molecule has 0 aliphatic carbocycles. The number of halogens is 1. The number of amides is 2. The Kier molecular flexibility index (Phi) is 9.53. The first-order valence-electron chi connectivity index (χ1n) is 11.8. The lowest BCUT2D eigenvalue weighted by atomic mass is 10.0. The molecule has 7 heteroatoms. The standard InChI is InChI=1S/C29H33BrN2O4/c1-29(2,3)31-28(34)24(18-21-11-6-5-7-12-21)32(19-22-13-10-14-23(30)17-22)27(33)20-36-26-16-9-8-15-25(26)35-4/h5-17,24H,18-20H2,1-4H3,(H,31,34)/t24-/m0/s1. The highest BCUT2D eigenvalue weighted by Crippen LogP contribution is 2.26. The maximum absolute atomic E-state index is 13.7. The Morgan fingerprint density at radius 1 is 0.917 bits per heavy atom. The predicted octanol–water partition coefficient (Wildman–Crippen LogP) is 5.39. The molecule has 1 N–H and O–H groups in total. The van der Waals surface area contributed by atoms with Gasteiger partial charge in [0.1, 0.15) is 6.04 Å². The molecule has 0 bridgehead atoms. The van der Waals surface area contributed by atoms with Gasteiger partial charge < -0.3 is 19.7 Å². The minimum atomic E-state index is -0.737. The molecule has 36 heavy (non-hydrogen) atoms. The summed E-state index contributed by atoms with van der Waals surface area (Å²) in [6, 6.07) is 23.9. The van der Waals surface area contributed by atoms with Crippen molar-refractivity contribution in [3.63, 3.8) is 0 Å². The molecule has 190 valence electrons. The van der Waals surface area contributed by atoms with Crippen LogP contribution in [0.25, 0.3) is 0 Å². The number of benzene rings is 3. The number of rotatable bonds is 10. The van der Waals surface area contributed by atoms with Gasteiger partial charge in [0.25, 0.3) is 5.91 Å². The fourth-order valence-corrected chi connectivity index (χ4v) is 4.25. The lowest BCUT2D eigenvalue weighted by Crippen LogP contribution is -2.55. The van der Waals surface area contributed by atoms with E-state index in [1.54, 1.807) is 24.1 Å². The molecule has 0 heterocycles. The Hall–Kier alpha value is -3.32. The monoisotopic (exact) mass is 552 g/mol. The van der Waals surface area contributed by atoms with Crippen molar-refractivity contribution in [2.24, 2.45) is 0 Å². The molecule has 2 amide bonds. The Bertz CT molecular complexity index is 1160. The zero-order chi connectivity index (χ0) is 26.1. The Labute approximate surface area is 221 Å². The topological polar surface area (TPSA) is 67.9 Å². The number of nitrogens with zero attached hydrogens (tertiary/aromatic N) is 1. The minimum absolute atomic E-state index is 0.216. The summed E-state index contributed by atoms with van der Waals surface area (Å²) in [4.78, 5) is 28.8. The predicted molar refractivity (Wildman–Crippen MR) is 145 cm³/mol. The third kappa shape index (κ3) is 8.12. The second-order valence-corrected chi connectivity index (χ2v) is 10.5. The lowest BCUT2D eigenvalue weighted by molar-refractivity contribution is -0.143. The summed E-state index contributed by atoms with van der Waals surface area (Å²) in [6.07, 6.45) is 0.372. The molecule has 3 rings (SSSR count). The number of ether oxygens (including phenoxy) is 2. The van der Waals surface area contributed by atoms with E-state index in [-0.39, 0.29) is 25.0 Å². The zero-order valence-electron chi connectivity index (χ0n) is 21.2. The molecule has 3 aromatic carbocycles. The smallest absolute Gasteiger partial charge is 0.261 e. The maximum Gasteiger partial charge on any atom is 0.261 e. The van der Waals surface area contributed by atoms with Gasteiger partial charge in [0.2, 0.25) is 5.91 Å². The van der Waals surface area contributed by atoms with Crippen molar-refractivity contribution in [1.29, 1.82) is 0 Å². The molecule has 0 aliphatic rings. The SMILES string of the molecule is COc1ccccc1OCC(=O)N(Cc1cccc(Br)c1)[C@@H](Cc1ccccc1)C(=O)NC(C)(C)C. The van der Waals surface area contributed by atoms with Crippen LogP contribution in [0.3, 0.4) is 0 Å². The molecule has 0 saturated heterocycles. The molecule has 1 atom stereocenters. The van der Waals surface area contributed by atoms with Crippen molar-refractivity contribution in [2.45, 2.75) is 45.3 Å². The summed E-state index contributed by atoms with van der Waals surface area (Å²) < 4.78 is 12.1. The van der Waals surface area contributed by atoms with Crippen LogP contribution in [0, 0.1) is 0 Å². The first kappa shape index (κ1) is 27.3. The van der Waals surface area contributed by atoms with Crippen LogP contribution in [0.2, 0.25) is 0 Å². The van der Waals surface area contributed by atoms with E-state index in [4.69, 9.17) is 9.47 Å². The molecule has 0 fully saturated rings. The minimum Gasteiger partial charge on any atom is -0.493 e. The van der Waals surface area contributed by atoms with Crippen LogP contribution < -0.4 is 14.8 Å². The number of hydrogen-bond acceptors (Lipinski definition) is 4. The van der Waals surface area contributed by atoms with Crippen LogP contribution in [0.5, 0.6) is 11.5 Å². The van der Waals surface area contributed by atoms with E-state index in [2.05, 4.69) is 21.2 Å². The average molecular weight is 553 g/mol. The van der Waals surface area contributed by atoms with Crippen LogP contribution in [-0.4, -0.2) is 42.0 Å². The summed E-state index contributed by atoms with van der Waals surface area (Å²) >= 11 is 3.50. The van der Waals surface area contributed by atoms with Gasteiger partial charge in [0.15, 0.2) is 18.1 Å². The van der Waals surface area contributed by atoms with Gasteiger partial charge in [-0.15, -0.1) is 0 Å². The number of carbonyl (C=O) groups excluding carboxylic acids is 2. The van der Waals surface area contributed by atoms with Crippen LogP contribution >= 0.6 is 15.9 Å². The lowest BCUT2D eigenvalue weighted by Gasteiger charge is -2.33. The highest BCUT2D eigenvalue weighted by atomic mass is 79.9. The summed E-state index contributed by atoms with van der Waals surface area (Å²) in [5, 5.41) is 3.06. The second-order valence-electron chi connectivity index (χ2n) is 9.54. The number of carbonyl (C=O) groups is 2. The fourth-order valence-electron chi connectivity index (χ4n) is 3.80. The number of hydrogen-bond donors (Lipinski definition) is 1. The molecule has 3 aromatic rings. The van der Waals surface area contributed by atoms with E-state index < -0.39 is 11.6 Å². The van der Waals surface area contributed by atoms with E-state index in [1.165, 1.54) is 0 Å². The van der Waals surface area contributed by atoms with E-state index in [1.807, 2.05) is 87.5 Å². The summed E-state index contributed by atoms with van der Waals surface area (Å²) in [7, 11) is 1.55. The highest BCUT2D eigenvalue weighted by Gasteiger charge is 2.32. The van der Waals surface area contributed by atoms with Crippen molar-refractivity contribution in [2.75, 3.05) is 13.7 Å². The van der Waals surface area contributed by atoms with E-state index in [0.29, 0.717) is 17.9 Å². The molecule has 6 nitrogen and oxygen atoms in total. The first-order valence-corrected chi connectivity index (χ1v) is 12.6. The Morgan fingerprint density at radius 2 is 1.56 bits per heavy atom. The van der Waals surface area contributed by atoms with Crippen LogP contribution in [0.15, 0.2) is 83.3 Å². The van der Waals surface area contributed by atoms with Crippen LogP contribution in [0.4, 0.5) is 0 Å². The van der Waals surface area contributed by atoms with E-state index >= 15 is 0 Å². The van der Waals surface area contributed by atoms with Gasteiger partial charge in [-0.1, -0.05) is 70.5 Å². The van der Waals surface area contributed by atoms with Gasteiger partial charge >= 0.3 is 0 Å².